The Morgan fingerprint density at radius 3 is 1.29 bits per heavy atom. The molecule has 0 unspecified atom stereocenters. The monoisotopic (exact) mass is 270 g/mol. The summed E-state index contributed by atoms with van der Waals surface area (Å²) in [5.41, 5.74) is 2.49. The lowest BCUT2D eigenvalue weighted by Gasteiger charge is -2.38. The topological polar surface area (TPSA) is 0 Å². The van der Waals surface area contributed by atoms with Crippen LogP contribution in [0.4, 0.5) is 0 Å². The Morgan fingerprint density at radius 1 is 0.471 bits per heavy atom. The third-order valence-corrected chi connectivity index (χ3v) is 12.1. The minimum Gasteiger partial charge on any atom is -0.103 e. The van der Waals surface area contributed by atoms with Gasteiger partial charge in [0.25, 0.3) is 0 Å². The van der Waals surface area contributed by atoms with Crippen molar-refractivity contribution in [2.24, 2.45) is 0 Å². The molecule has 2 atom stereocenters. The highest BCUT2D eigenvalue weighted by molar-refractivity contribution is 7.63. The Balaban J connectivity index is 1.61. The fourth-order valence-corrected chi connectivity index (χ4v) is 12.1. The summed E-state index contributed by atoms with van der Waals surface area (Å²) < 4.78 is 0. The molecule has 0 aromatic rings. The van der Waals surface area contributed by atoms with Crippen molar-refractivity contribution in [3.63, 3.8) is 0 Å². The van der Waals surface area contributed by atoms with E-state index in [9.17, 15) is 0 Å². The van der Waals surface area contributed by atoms with Crippen LogP contribution in [0.2, 0.25) is 0 Å². The molecule has 1 saturated carbocycles. The van der Waals surface area contributed by atoms with E-state index in [1.54, 1.807) is 82.4 Å². The molecule has 98 valence electrons. The Morgan fingerprint density at radius 2 is 0.882 bits per heavy atom. The standard InChI is InChI=1S/C15H28P2/c1-3-10-16(11-4-1)14-8-7-9-15(14)17-12-5-2-6-13-17/h14-15H,1-13H2/t14-,15-/m0/s1. The lowest BCUT2D eigenvalue weighted by molar-refractivity contribution is 0.724. The van der Waals surface area contributed by atoms with Crippen LogP contribution in [0.25, 0.3) is 0 Å². The summed E-state index contributed by atoms with van der Waals surface area (Å²) in [7, 11) is 0.958. The first kappa shape index (κ1) is 12.9. The first-order valence-electron chi connectivity index (χ1n) is 7.93. The van der Waals surface area contributed by atoms with Gasteiger partial charge in [0.15, 0.2) is 0 Å². The van der Waals surface area contributed by atoms with Crippen LogP contribution in [0.15, 0.2) is 0 Å². The highest BCUT2D eigenvalue weighted by atomic mass is 31.1. The summed E-state index contributed by atoms with van der Waals surface area (Å²) in [6.07, 6.45) is 20.9. The van der Waals surface area contributed by atoms with Gasteiger partial charge in [-0.05, 0) is 74.5 Å². The predicted molar refractivity (Wildman–Crippen MR) is 82.4 cm³/mol. The van der Waals surface area contributed by atoms with E-state index < -0.39 is 0 Å². The average Bonchev–Trinajstić information content (AvgIpc) is 2.90. The maximum Gasteiger partial charge on any atom is -0.0141 e. The number of hydrogen-bond donors (Lipinski definition) is 0. The van der Waals surface area contributed by atoms with Gasteiger partial charge in [0.1, 0.15) is 0 Å². The quantitative estimate of drug-likeness (QED) is 0.602. The molecule has 0 aromatic heterocycles. The smallest absolute Gasteiger partial charge is 0.0141 e. The summed E-state index contributed by atoms with van der Waals surface area (Å²) in [4.78, 5) is 0. The third-order valence-electron chi connectivity index (χ3n) is 5.16. The fourth-order valence-electron chi connectivity index (χ4n) is 4.27. The first-order chi connectivity index (χ1) is 8.45. The highest BCUT2D eigenvalue weighted by Gasteiger charge is 2.38. The molecule has 2 aliphatic heterocycles. The van der Waals surface area contributed by atoms with Crippen LogP contribution in [0, 0.1) is 0 Å². The number of hydrogen-bond acceptors (Lipinski definition) is 0. The fraction of sp³-hybridized carbons (Fsp3) is 1.00. The van der Waals surface area contributed by atoms with Crippen LogP contribution >= 0.6 is 15.8 Å². The molecule has 0 radical (unpaired) electrons. The van der Waals surface area contributed by atoms with Crippen LogP contribution in [0.5, 0.6) is 0 Å². The second-order valence-electron chi connectivity index (χ2n) is 6.26. The van der Waals surface area contributed by atoms with E-state index in [1.807, 2.05) is 0 Å². The molecule has 2 heterocycles. The van der Waals surface area contributed by atoms with Gasteiger partial charge in [0, 0.05) is 0 Å². The zero-order valence-corrected chi connectivity index (χ0v) is 13.0. The Labute approximate surface area is 110 Å². The second kappa shape index (κ2) is 6.34. The van der Waals surface area contributed by atoms with Crippen molar-refractivity contribution in [1.82, 2.24) is 0 Å². The van der Waals surface area contributed by atoms with Crippen molar-refractivity contribution in [2.75, 3.05) is 24.6 Å². The Bertz CT molecular complexity index is 205. The van der Waals surface area contributed by atoms with Crippen molar-refractivity contribution < 1.29 is 0 Å². The van der Waals surface area contributed by atoms with Crippen LogP contribution in [0.3, 0.4) is 0 Å². The molecule has 0 amide bonds. The van der Waals surface area contributed by atoms with Crippen LogP contribution in [0.1, 0.15) is 57.8 Å². The molecule has 2 heteroatoms. The molecular weight excluding hydrogens is 242 g/mol. The van der Waals surface area contributed by atoms with Gasteiger partial charge in [0.05, 0.1) is 0 Å². The summed E-state index contributed by atoms with van der Waals surface area (Å²) in [6.45, 7) is 0. The minimum atomic E-state index is 0.479. The van der Waals surface area contributed by atoms with E-state index in [1.165, 1.54) is 11.3 Å². The normalized spacial score (nSPS) is 37.4. The Hall–Kier alpha value is 0.860. The predicted octanol–water partition coefficient (Wildman–Crippen LogP) is 5.24. The van der Waals surface area contributed by atoms with Crippen molar-refractivity contribution in [1.29, 1.82) is 0 Å². The van der Waals surface area contributed by atoms with Gasteiger partial charge < -0.3 is 0 Å². The van der Waals surface area contributed by atoms with Crippen LogP contribution in [-0.4, -0.2) is 36.0 Å². The molecule has 2 saturated heterocycles. The maximum absolute atomic E-state index is 1.65. The molecular formula is C15H28P2. The molecule has 0 nitrogen and oxygen atoms in total. The molecule has 3 rings (SSSR count). The first-order valence-corrected chi connectivity index (χ1v) is 11.5. The van der Waals surface area contributed by atoms with Crippen molar-refractivity contribution in [3.05, 3.63) is 0 Å². The van der Waals surface area contributed by atoms with E-state index in [2.05, 4.69) is 0 Å². The Kier molecular flexibility index (Phi) is 4.80. The summed E-state index contributed by atoms with van der Waals surface area (Å²) in [5, 5.41) is 0. The summed E-state index contributed by atoms with van der Waals surface area (Å²) in [6, 6.07) is 0. The van der Waals surface area contributed by atoms with E-state index in [-0.39, 0.29) is 0 Å². The van der Waals surface area contributed by atoms with Gasteiger partial charge in [-0.15, -0.1) is 15.8 Å². The third kappa shape index (κ3) is 3.06. The van der Waals surface area contributed by atoms with Gasteiger partial charge in [-0.3, -0.25) is 0 Å². The molecule has 3 aliphatic rings. The van der Waals surface area contributed by atoms with Crippen LogP contribution in [-0.2, 0) is 0 Å². The summed E-state index contributed by atoms with van der Waals surface area (Å²) in [5.74, 6) is 0. The molecule has 0 bridgehead atoms. The SMILES string of the molecule is C1CCP([C@H]2CCC[C@@H]2P2CCCCC2)CC1. The van der Waals surface area contributed by atoms with E-state index >= 15 is 0 Å². The lowest BCUT2D eigenvalue weighted by Crippen LogP contribution is -2.23. The number of rotatable bonds is 2. The van der Waals surface area contributed by atoms with Gasteiger partial charge in [-0.25, -0.2) is 0 Å². The molecule has 0 spiro atoms. The zero-order valence-electron chi connectivity index (χ0n) is 11.2. The van der Waals surface area contributed by atoms with Gasteiger partial charge in [-0.1, -0.05) is 19.3 Å². The van der Waals surface area contributed by atoms with Gasteiger partial charge in [-0.2, -0.15) is 0 Å². The van der Waals surface area contributed by atoms with Crippen LogP contribution < -0.4 is 0 Å². The second-order valence-corrected chi connectivity index (χ2v) is 11.7. The van der Waals surface area contributed by atoms with E-state index in [0.29, 0.717) is 15.8 Å². The minimum absolute atomic E-state index is 0.479. The highest BCUT2D eigenvalue weighted by Crippen LogP contribution is 2.61. The van der Waals surface area contributed by atoms with Crippen molar-refractivity contribution in [3.8, 4) is 0 Å². The molecule has 0 aromatic carbocycles. The van der Waals surface area contributed by atoms with E-state index in [0.717, 1.165) is 0 Å². The van der Waals surface area contributed by atoms with Crippen molar-refractivity contribution >= 4 is 15.8 Å². The zero-order chi connectivity index (χ0) is 11.5. The summed E-state index contributed by atoms with van der Waals surface area (Å²) >= 11 is 0. The lowest BCUT2D eigenvalue weighted by atomic mass is 10.3. The molecule has 0 N–H and O–H groups in total. The van der Waals surface area contributed by atoms with Crippen molar-refractivity contribution in [2.45, 2.75) is 69.1 Å². The van der Waals surface area contributed by atoms with Gasteiger partial charge in [0.2, 0.25) is 0 Å². The molecule has 3 fully saturated rings. The van der Waals surface area contributed by atoms with E-state index in [4.69, 9.17) is 0 Å². The van der Waals surface area contributed by atoms with Gasteiger partial charge >= 0.3 is 0 Å². The largest absolute Gasteiger partial charge is 0.103 e. The maximum atomic E-state index is 1.65. The molecule has 17 heavy (non-hydrogen) atoms. The molecule has 1 aliphatic carbocycles. The average molecular weight is 270 g/mol.